The van der Waals surface area contributed by atoms with Gasteiger partial charge in [0.2, 0.25) is 0 Å². The molecule has 0 aliphatic heterocycles. The summed E-state index contributed by atoms with van der Waals surface area (Å²) in [5.74, 6) is 0. The number of hydrogen-bond donors (Lipinski definition) is 0. The SMILES string of the molecule is Cc1ccc(N=Cc2c(-c3ccccc3)cccc2-c2ccccc2)cc1. The minimum atomic E-state index is 0.961. The molecular formula is C26H21N. The van der Waals surface area contributed by atoms with Gasteiger partial charge in [0.05, 0.1) is 5.69 Å². The fourth-order valence-corrected chi connectivity index (χ4v) is 3.21. The zero-order valence-electron chi connectivity index (χ0n) is 15.3. The van der Waals surface area contributed by atoms with Crippen molar-refractivity contribution in [1.29, 1.82) is 0 Å². The first kappa shape index (κ1) is 17.0. The molecule has 1 nitrogen and oxygen atoms in total. The Morgan fingerprint density at radius 3 is 1.59 bits per heavy atom. The smallest absolute Gasteiger partial charge is 0.0630 e. The van der Waals surface area contributed by atoms with Gasteiger partial charge in [0.25, 0.3) is 0 Å². The highest BCUT2D eigenvalue weighted by Crippen LogP contribution is 2.31. The molecule has 0 aromatic heterocycles. The molecule has 0 amide bonds. The molecule has 0 heterocycles. The lowest BCUT2D eigenvalue weighted by Gasteiger charge is -2.12. The molecule has 0 bridgehead atoms. The van der Waals surface area contributed by atoms with Gasteiger partial charge in [-0.1, -0.05) is 96.6 Å². The number of aryl methyl sites for hydroxylation is 1. The van der Waals surface area contributed by atoms with E-state index in [1.54, 1.807) is 0 Å². The molecule has 0 saturated heterocycles. The minimum Gasteiger partial charge on any atom is -0.256 e. The molecule has 27 heavy (non-hydrogen) atoms. The van der Waals surface area contributed by atoms with Gasteiger partial charge < -0.3 is 0 Å². The average Bonchev–Trinajstić information content (AvgIpc) is 2.74. The summed E-state index contributed by atoms with van der Waals surface area (Å²) >= 11 is 0. The van der Waals surface area contributed by atoms with Gasteiger partial charge in [-0.15, -0.1) is 0 Å². The fraction of sp³-hybridized carbons (Fsp3) is 0.0385. The van der Waals surface area contributed by atoms with Crippen molar-refractivity contribution in [2.75, 3.05) is 0 Å². The molecule has 0 saturated carbocycles. The van der Waals surface area contributed by atoms with Crippen LogP contribution in [-0.4, -0.2) is 6.21 Å². The Kier molecular flexibility index (Phi) is 4.93. The van der Waals surface area contributed by atoms with Crippen LogP contribution in [0.2, 0.25) is 0 Å². The standard InChI is InChI=1S/C26H21N/c1-20-15-17-23(18-16-20)27-19-26-24(21-9-4-2-5-10-21)13-8-14-25(26)22-11-6-3-7-12-22/h2-19H,1H3. The molecule has 4 rings (SSSR count). The number of aliphatic imine (C=N–C) groups is 1. The largest absolute Gasteiger partial charge is 0.256 e. The van der Waals surface area contributed by atoms with E-state index in [0.29, 0.717) is 0 Å². The molecule has 0 aliphatic carbocycles. The van der Waals surface area contributed by atoms with Crippen molar-refractivity contribution in [2.24, 2.45) is 4.99 Å². The van der Waals surface area contributed by atoms with E-state index in [1.807, 2.05) is 18.3 Å². The molecule has 1 heteroatoms. The molecule has 0 spiro atoms. The number of rotatable bonds is 4. The highest BCUT2D eigenvalue weighted by atomic mass is 14.7. The average molecular weight is 347 g/mol. The van der Waals surface area contributed by atoms with Crippen molar-refractivity contribution in [3.63, 3.8) is 0 Å². The van der Waals surface area contributed by atoms with Gasteiger partial charge in [-0.2, -0.15) is 0 Å². The van der Waals surface area contributed by atoms with Crippen LogP contribution in [0.4, 0.5) is 5.69 Å². The van der Waals surface area contributed by atoms with Crippen molar-refractivity contribution < 1.29 is 0 Å². The van der Waals surface area contributed by atoms with Crippen LogP contribution in [0.3, 0.4) is 0 Å². The van der Waals surface area contributed by atoms with E-state index in [0.717, 1.165) is 11.3 Å². The van der Waals surface area contributed by atoms with E-state index in [2.05, 4.69) is 97.9 Å². The van der Waals surface area contributed by atoms with Gasteiger partial charge in [0.1, 0.15) is 0 Å². The molecule has 0 radical (unpaired) electrons. The number of hydrogen-bond acceptors (Lipinski definition) is 1. The number of nitrogens with zero attached hydrogens (tertiary/aromatic N) is 1. The monoisotopic (exact) mass is 347 g/mol. The maximum absolute atomic E-state index is 4.76. The zero-order valence-corrected chi connectivity index (χ0v) is 15.3. The molecule has 4 aromatic rings. The molecular weight excluding hydrogens is 326 g/mol. The Morgan fingerprint density at radius 2 is 1.07 bits per heavy atom. The van der Waals surface area contributed by atoms with Crippen LogP contribution in [0.15, 0.2) is 108 Å². The first-order chi connectivity index (χ1) is 13.3. The number of benzene rings is 4. The summed E-state index contributed by atoms with van der Waals surface area (Å²) in [6, 6.07) is 35.7. The Morgan fingerprint density at radius 1 is 0.556 bits per heavy atom. The Hall–Kier alpha value is -3.45. The van der Waals surface area contributed by atoms with E-state index < -0.39 is 0 Å². The van der Waals surface area contributed by atoms with Crippen molar-refractivity contribution in [3.8, 4) is 22.3 Å². The second kappa shape index (κ2) is 7.84. The van der Waals surface area contributed by atoms with Crippen molar-refractivity contribution in [1.82, 2.24) is 0 Å². The van der Waals surface area contributed by atoms with Gasteiger partial charge >= 0.3 is 0 Å². The summed E-state index contributed by atoms with van der Waals surface area (Å²) in [5, 5.41) is 0. The lowest BCUT2D eigenvalue weighted by Crippen LogP contribution is -1.93. The summed E-state index contributed by atoms with van der Waals surface area (Å²) in [4.78, 5) is 4.76. The third-order valence-electron chi connectivity index (χ3n) is 4.65. The van der Waals surface area contributed by atoms with Crippen LogP contribution in [-0.2, 0) is 0 Å². The molecule has 0 unspecified atom stereocenters. The zero-order chi connectivity index (χ0) is 18.5. The Labute approximate surface area is 160 Å². The third kappa shape index (κ3) is 3.88. The molecule has 4 aromatic carbocycles. The van der Waals surface area contributed by atoms with Gasteiger partial charge in [-0.05, 0) is 41.3 Å². The van der Waals surface area contributed by atoms with Gasteiger partial charge in [-0.25, -0.2) is 0 Å². The molecule has 0 aliphatic rings. The molecule has 0 fully saturated rings. The van der Waals surface area contributed by atoms with E-state index in [-0.39, 0.29) is 0 Å². The first-order valence-corrected chi connectivity index (χ1v) is 9.16. The van der Waals surface area contributed by atoms with E-state index in [1.165, 1.54) is 27.8 Å². The maximum atomic E-state index is 4.76. The van der Waals surface area contributed by atoms with Crippen LogP contribution in [0.5, 0.6) is 0 Å². The second-order valence-electron chi connectivity index (χ2n) is 6.59. The van der Waals surface area contributed by atoms with E-state index >= 15 is 0 Å². The Bertz CT molecular complexity index is 989. The summed E-state index contributed by atoms with van der Waals surface area (Å²) in [7, 11) is 0. The highest BCUT2D eigenvalue weighted by Gasteiger charge is 2.10. The summed E-state index contributed by atoms with van der Waals surface area (Å²) < 4.78 is 0. The van der Waals surface area contributed by atoms with E-state index in [4.69, 9.17) is 4.99 Å². The molecule has 130 valence electrons. The lowest BCUT2D eigenvalue weighted by atomic mass is 9.92. The summed E-state index contributed by atoms with van der Waals surface area (Å²) in [6.07, 6.45) is 2.00. The van der Waals surface area contributed by atoms with Crippen molar-refractivity contribution >= 4 is 11.9 Å². The van der Waals surface area contributed by atoms with Crippen LogP contribution in [0.25, 0.3) is 22.3 Å². The van der Waals surface area contributed by atoms with Crippen LogP contribution >= 0.6 is 0 Å². The predicted octanol–water partition coefficient (Wildman–Crippen LogP) is 7.08. The normalized spacial score (nSPS) is 11.0. The first-order valence-electron chi connectivity index (χ1n) is 9.16. The summed E-state index contributed by atoms with van der Waals surface area (Å²) in [5.41, 5.74) is 8.10. The summed E-state index contributed by atoms with van der Waals surface area (Å²) in [6.45, 7) is 2.09. The van der Waals surface area contributed by atoms with Gasteiger partial charge in [-0.3, -0.25) is 4.99 Å². The van der Waals surface area contributed by atoms with Crippen LogP contribution < -0.4 is 0 Å². The Balaban J connectivity index is 1.87. The lowest BCUT2D eigenvalue weighted by molar-refractivity contribution is 1.44. The minimum absolute atomic E-state index is 0.961. The topological polar surface area (TPSA) is 12.4 Å². The highest BCUT2D eigenvalue weighted by molar-refractivity contribution is 5.99. The van der Waals surface area contributed by atoms with Crippen LogP contribution in [0, 0.1) is 6.92 Å². The van der Waals surface area contributed by atoms with Crippen LogP contribution in [0.1, 0.15) is 11.1 Å². The maximum Gasteiger partial charge on any atom is 0.0630 e. The molecule has 0 atom stereocenters. The van der Waals surface area contributed by atoms with Gasteiger partial charge in [0.15, 0.2) is 0 Å². The third-order valence-corrected chi connectivity index (χ3v) is 4.65. The van der Waals surface area contributed by atoms with Gasteiger partial charge in [0, 0.05) is 11.8 Å². The molecule has 0 N–H and O–H groups in total. The predicted molar refractivity (Wildman–Crippen MR) is 116 cm³/mol. The fourth-order valence-electron chi connectivity index (χ4n) is 3.21. The van der Waals surface area contributed by atoms with Crippen molar-refractivity contribution in [2.45, 2.75) is 6.92 Å². The van der Waals surface area contributed by atoms with E-state index in [9.17, 15) is 0 Å². The second-order valence-corrected chi connectivity index (χ2v) is 6.59. The van der Waals surface area contributed by atoms with Crippen molar-refractivity contribution in [3.05, 3.63) is 114 Å². The quantitative estimate of drug-likeness (QED) is 0.350.